The average molecular weight is 270 g/mol. The third kappa shape index (κ3) is 2.18. The van der Waals surface area contributed by atoms with Crippen LogP contribution < -0.4 is 0 Å². The summed E-state index contributed by atoms with van der Waals surface area (Å²) in [5, 5.41) is 19.6. The number of phenols is 1. The van der Waals surface area contributed by atoms with Gasteiger partial charge >= 0.3 is 5.97 Å². The van der Waals surface area contributed by atoms with Gasteiger partial charge in [-0.25, -0.2) is 0 Å². The van der Waals surface area contributed by atoms with E-state index in [1.165, 1.54) is 0 Å². The Kier molecular flexibility index (Phi) is 3.50. The van der Waals surface area contributed by atoms with Crippen molar-refractivity contribution in [3.05, 3.63) is 28.8 Å². The van der Waals surface area contributed by atoms with Gasteiger partial charge in [-0.1, -0.05) is 17.7 Å². The van der Waals surface area contributed by atoms with Crippen molar-refractivity contribution in [1.82, 2.24) is 4.90 Å². The molecule has 2 N–H and O–H groups in total. The summed E-state index contributed by atoms with van der Waals surface area (Å²) in [6, 6.07) is 4.93. The highest BCUT2D eigenvalue weighted by Gasteiger charge is 2.43. The molecule has 4 nitrogen and oxygen atoms in total. The maximum absolute atomic E-state index is 11.4. The lowest BCUT2D eigenvalue weighted by atomic mass is 9.98. The first kappa shape index (κ1) is 13.2. The lowest BCUT2D eigenvalue weighted by molar-refractivity contribution is -0.148. The molecule has 5 heteroatoms. The van der Waals surface area contributed by atoms with E-state index in [0.29, 0.717) is 30.1 Å². The number of hydrogen-bond acceptors (Lipinski definition) is 3. The molecule has 0 spiro atoms. The molecule has 0 bridgehead atoms. The Balaban J connectivity index is 2.26. The predicted octanol–water partition coefficient (Wildman–Crippen LogP) is 2.48. The number of aliphatic carboxylic acids is 1. The van der Waals surface area contributed by atoms with Crippen LogP contribution in [0.15, 0.2) is 18.2 Å². The molecule has 1 aliphatic heterocycles. The number of phenolic OH excluding ortho intramolecular Hbond substituents is 1. The predicted molar refractivity (Wildman–Crippen MR) is 68.8 cm³/mol. The minimum Gasteiger partial charge on any atom is -0.508 e. The van der Waals surface area contributed by atoms with E-state index < -0.39 is 11.5 Å². The zero-order chi connectivity index (χ0) is 13.3. The van der Waals surface area contributed by atoms with Crippen molar-refractivity contribution in [2.45, 2.75) is 31.8 Å². The van der Waals surface area contributed by atoms with E-state index in [2.05, 4.69) is 0 Å². The number of likely N-dealkylation sites (tertiary alicyclic amines) is 1. The number of carboxylic acids is 1. The van der Waals surface area contributed by atoms with Crippen LogP contribution in [0.25, 0.3) is 0 Å². The summed E-state index contributed by atoms with van der Waals surface area (Å²) >= 11 is 6.05. The highest BCUT2D eigenvalue weighted by Crippen LogP contribution is 2.34. The number of hydrogen-bond donors (Lipinski definition) is 2. The van der Waals surface area contributed by atoms with Crippen LogP contribution in [0.1, 0.15) is 25.3 Å². The van der Waals surface area contributed by atoms with Crippen molar-refractivity contribution >= 4 is 17.6 Å². The van der Waals surface area contributed by atoms with E-state index in [0.717, 1.165) is 6.42 Å². The molecular formula is C13H16ClNO3. The summed E-state index contributed by atoms with van der Waals surface area (Å²) in [4.78, 5) is 13.2. The molecule has 1 unspecified atom stereocenters. The van der Waals surface area contributed by atoms with Gasteiger partial charge in [0.25, 0.3) is 0 Å². The molecule has 1 aromatic rings. The molecule has 1 aliphatic rings. The molecular weight excluding hydrogens is 254 g/mol. The van der Waals surface area contributed by atoms with Crippen LogP contribution in [-0.2, 0) is 11.3 Å². The number of benzene rings is 1. The third-order valence-electron chi connectivity index (χ3n) is 3.69. The Bertz CT molecular complexity index is 457. The van der Waals surface area contributed by atoms with Crippen molar-refractivity contribution in [3.8, 4) is 5.75 Å². The fourth-order valence-electron chi connectivity index (χ4n) is 2.41. The molecule has 2 rings (SSSR count). The van der Waals surface area contributed by atoms with Crippen LogP contribution in [0.3, 0.4) is 0 Å². The minimum absolute atomic E-state index is 0.113. The van der Waals surface area contributed by atoms with Crippen molar-refractivity contribution in [3.63, 3.8) is 0 Å². The standard InChI is InChI=1S/C13H16ClNO3/c1-13(12(17)18)6-3-7-15(13)8-9-10(14)4-2-5-11(9)16/h2,4-5,16H,3,6-8H2,1H3,(H,17,18). The molecule has 1 heterocycles. The topological polar surface area (TPSA) is 60.8 Å². The molecule has 0 amide bonds. The Morgan fingerprint density at radius 2 is 2.28 bits per heavy atom. The van der Waals surface area contributed by atoms with Crippen molar-refractivity contribution in [1.29, 1.82) is 0 Å². The van der Waals surface area contributed by atoms with E-state index in [1.54, 1.807) is 25.1 Å². The van der Waals surface area contributed by atoms with E-state index in [1.807, 2.05) is 4.90 Å². The number of rotatable bonds is 3. The lowest BCUT2D eigenvalue weighted by Crippen LogP contribution is -2.47. The molecule has 0 radical (unpaired) electrons. The second-order valence-corrected chi connectivity index (χ2v) is 5.25. The van der Waals surface area contributed by atoms with Gasteiger partial charge in [-0.3, -0.25) is 9.69 Å². The average Bonchev–Trinajstić information content (AvgIpc) is 2.67. The maximum atomic E-state index is 11.4. The normalized spacial score (nSPS) is 24.3. The Labute approximate surface area is 111 Å². The van der Waals surface area contributed by atoms with Gasteiger partial charge in [-0.15, -0.1) is 0 Å². The molecule has 98 valence electrons. The second kappa shape index (κ2) is 4.78. The molecule has 1 saturated heterocycles. The van der Waals surface area contributed by atoms with Gasteiger partial charge in [0.05, 0.1) is 0 Å². The fourth-order valence-corrected chi connectivity index (χ4v) is 2.64. The van der Waals surface area contributed by atoms with Crippen molar-refractivity contribution in [2.75, 3.05) is 6.54 Å². The zero-order valence-electron chi connectivity index (χ0n) is 10.2. The first-order valence-corrected chi connectivity index (χ1v) is 6.28. The van der Waals surface area contributed by atoms with Gasteiger partial charge in [-0.05, 0) is 38.4 Å². The maximum Gasteiger partial charge on any atom is 0.323 e. The minimum atomic E-state index is -0.869. The van der Waals surface area contributed by atoms with Crippen molar-refractivity contribution in [2.24, 2.45) is 0 Å². The number of carboxylic acid groups (broad SMARTS) is 1. The van der Waals surface area contributed by atoms with E-state index in [9.17, 15) is 15.0 Å². The Morgan fingerprint density at radius 1 is 1.56 bits per heavy atom. The monoisotopic (exact) mass is 269 g/mol. The van der Waals surface area contributed by atoms with Crippen LogP contribution in [0.4, 0.5) is 0 Å². The lowest BCUT2D eigenvalue weighted by Gasteiger charge is -2.31. The number of nitrogens with zero attached hydrogens (tertiary/aromatic N) is 1. The smallest absolute Gasteiger partial charge is 0.323 e. The van der Waals surface area contributed by atoms with Crippen LogP contribution in [0, 0.1) is 0 Å². The highest BCUT2D eigenvalue weighted by molar-refractivity contribution is 6.31. The van der Waals surface area contributed by atoms with Gasteiger partial charge in [0.15, 0.2) is 0 Å². The highest BCUT2D eigenvalue weighted by atomic mass is 35.5. The van der Waals surface area contributed by atoms with E-state index in [4.69, 9.17) is 11.6 Å². The Hall–Kier alpha value is -1.26. The second-order valence-electron chi connectivity index (χ2n) is 4.84. The molecule has 0 aromatic heterocycles. The molecule has 1 aromatic carbocycles. The number of aromatic hydroxyl groups is 1. The Morgan fingerprint density at radius 3 is 2.89 bits per heavy atom. The molecule has 18 heavy (non-hydrogen) atoms. The largest absolute Gasteiger partial charge is 0.508 e. The van der Waals surface area contributed by atoms with Gasteiger partial charge < -0.3 is 10.2 Å². The fraction of sp³-hybridized carbons (Fsp3) is 0.462. The third-order valence-corrected chi connectivity index (χ3v) is 4.05. The summed E-state index contributed by atoms with van der Waals surface area (Å²) in [5.74, 6) is -0.714. The van der Waals surface area contributed by atoms with Crippen LogP contribution in [0.2, 0.25) is 5.02 Å². The van der Waals surface area contributed by atoms with E-state index >= 15 is 0 Å². The van der Waals surface area contributed by atoms with Crippen LogP contribution >= 0.6 is 11.6 Å². The van der Waals surface area contributed by atoms with Gasteiger partial charge in [0.2, 0.25) is 0 Å². The summed E-state index contributed by atoms with van der Waals surface area (Å²) in [6.07, 6.45) is 1.46. The molecule has 1 fully saturated rings. The summed E-state index contributed by atoms with van der Waals surface area (Å²) in [7, 11) is 0. The van der Waals surface area contributed by atoms with E-state index in [-0.39, 0.29) is 5.75 Å². The molecule has 1 atom stereocenters. The molecule has 0 saturated carbocycles. The number of carbonyl (C=O) groups is 1. The molecule has 0 aliphatic carbocycles. The van der Waals surface area contributed by atoms with Gasteiger partial charge in [-0.2, -0.15) is 0 Å². The summed E-state index contributed by atoms with van der Waals surface area (Å²) in [6.45, 7) is 2.78. The quantitative estimate of drug-likeness (QED) is 0.885. The zero-order valence-corrected chi connectivity index (χ0v) is 10.9. The van der Waals surface area contributed by atoms with Crippen molar-refractivity contribution < 1.29 is 15.0 Å². The summed E-state index contributed by atoms with van der Waals surface area (Å²) < 4.78 is 0. The SMILES string of the molecule is CC1(C(=O)O)CCCN1Cc1c(O)cccc1Cl. The summed E-state index contributed by atoms with van der Waals surface area (Å²) in [5.41, 5.74) is -0.278. The van der Waals surface area contributed by atoms with Gasteiger partial charge in [0, 0.05) is 17.1 Å². The first-order valence-electron chi connectivity index (χ1n) is 5.90. The van der Waals surface area contributed by atoms with Crippen LogP contribution in [-0.4, -0.2) is 33.2 Å². The first-order chi connectivity index (χ1) is 8.45. The number of halogens is 1. The van der Waals surface area contributed by atoms with Gasteiger partial charge in [0.1, 0.15) is 11.3 Å². The van der Waals surface area contributed by atoms with Crippen LogP contribution in [0.5, 0.6) is 5.75 Å².